The van der Waals surface area contributed by atoms with E-state index in [0.717, 1.165) is 10.6 Å². The molecule has 0 heterocycles. The molecule has 1 aromatic rings. The summed E-state index contributed by atoms with van der Waals surface area (Å²) >= 11 is 1.66. The van der Waals surface area contributed by atoms with Crippen molar-refractivity contribution in [3.63, 3.8) is 0 Å². The molecule has 0 spiro atoms. The van der Waals surface area contributed by atoms with Crippen molar-refractivity contribution in [2.45, 2.75) is 24.8 Å². The molecule has 1 rings (SSSR count). The third-order valence-electron chi connectivity index (χ3n) is 1.68. The van der Waals surface area contributed by atoms with Crippen molar-refractivity contribution in [1.82, 2.24) is 0 Å². The molecule has 0 aliphatic carbocycles. The van der Waals surface area contributed by atoms with E-state index in [2.05, 4.69) is 5.32 Å². The molecule has 0 aliphatic heterocycles. The minimum absolute atomic E-state index is 0.101. The SMILES string of the molecule is CSc1ccc(NC(=O)OC(C)C)cc1. The van der Waals surface area contributed by atoms with E-state index in [4.69, 9.17) is 4.74 Å². The molecule has 0 aliphatic rings. The number of benzene rings is 1. The summed E-state index contributed by atoms with van der Waals surface area (Å²) in [5, 5.41) is 2.65. The van der Waals surface area contributed by atoms with Gasteiger partial charge in [0.2, 0.25) is 0 Å². The molecule has 0 fully saturated rings. The first-order chi connectivity index (χ1) is 7.11. The number of nitrogens with one attached hydrogen (secondary N) is 1. The van der Waals surface area contributed by atoms with Gasteiger partial charge in [0.1, 0.15) is 0 Å². The normalized spacial score (nSPS) is 10.1. The highest BCUT2D eigenvalue weighted by Crippen LogP contribution is 2.17. The summed E-state index contributed by atoms with van der Waals surface area (Å²) in [6.07, 6.45) is 1.49. The molecule has 1 aromatic carbocycles. The number of ether oxygens (including phenoxy) is 1. The molecule has 0 radical (unpaired) electrons. The van der Waals surface area contributed by atoms with Crippen molar-refractivity contribution < 1.29 is 9.53 Å². The lowest BCUT2D eigenvalue weighted by Crippen LogP contribution is -2.17. The number of hydrogen-bond donors (Lipinski definition) is 1. The number of carbonyl (C=O) groups is 1. The average molecular weight is 225 g/mol. The Morgan fingerprint density at radius 2 is 1.93 bits per heavy atom. The van der Waals surface area contributed by atoms with Gasteiger partial charge in [-0.15, -0.1) is 11.8 Å². The number of rotatable bonds is 3. The maximum atomic E-state index is 11.2. The quantitative estimate of drug-likeness (QED) is 0.801. The molecule has 0 atom stereocenters. The van der Waals surface area contributed by atoms with E-state index in [1.54, 1.807) is 11.8 Å². The average Bonchev–Trinajstić information content (AvgIpc) is 2.17. The lowest BCUT2D eigenvalue weighted by molar-refractivity contribution is 0.130. The summed E-state index contributed by atoms with van der Waals surface area (Å²) in [4.78, 5) is 12.4. The van der Waals surface area contributed by atoms with Crippen LogP contribution in [0, 0.1) is 0 Å². The van der Waals surface area contributed by atoms with Gasteiger partial charge in [0.15, 0.2) is 0 Å². The summed E-state index contributed by atoms with van der Waals surface area (Å²) in [6, 6.07) is 7.62. The maximum Gasteiger partial charge on any atom is 0.411 e. The van der Waals surface area contributed by atoms with Gasteiger partial charge in [0.25, 0.3) is 0 Å². The van der Waals surface area contributed by atoms with Gasteiger partial charge >= 0.3 is 6.09 Å². The molecule has 0 saturated carbocycles. The zero-order valence-electron chi connectivity index (χ0n) is 9.11. The lowest BCUT2D eigenvalue weighted by Gasteiger charge is -2.09. The topological polar surface area (TPSA) is 38.3 Å². The molecular formula is C11H15NO2S. The number of hydrogen-bond acceptors (Lipinski definition) is 3. The molecule has 0 aromatic heterocycles. The van der Waals surface area contributed by atoms with E-state index in [1.807, 2.05) is 44.4 Å². The van der Waals surface area contributed by atoms with Crippen LogP contribution in [0.5, 0.6) is 0 Å². The number of amides is 1. The van der Waals surface area contributed by atoms with E-state index in [9.17, 15) is 4.79 Å². The molecule has 82 valence electrons. The minimum atomic E-state index is -0.415. The van der Waals surface area contributed by atoms with Gasteiger partial charge in [0.05, 0.1) is 6.10 Å². The van der Waals surface area contributed by atoms with Crippen LogP contribution in [0.4, 0.5) is 10.5 Å². The Hall–Kier alpha value is -1.16. The first kappa shape index (κ1) is 11.9. The fourth-order valence-corrected chi connectivity index (χ4v) is 1.44. The molecule has 15 heavy (non-hydrogen) atoms. The smallest absolute Gasteiger partial charge is 0.411 e. The predicted octanol–water partition coefficient (Wildman–Crippen LogP) is 3.37. The first-order valence-corrected chi connectivity index (χ1v) is 5.96. The van der Waals surface area contributed by atoms with Crippen LogP contribution >= 0.6 is 11.8 Å². The molecule has 0 saturated heterocycles. The van der Waals surface area contributed by atoms with E-state index < -0.39 is 6.09 Å². The predicted molar refractivity (Wildman–Crippen MR) is 63.5 cm³/mol. The molecule has 1 N–H and O–H groups in total. The van der Waals surface area contributed by atoms with Gasteiger partial charge in [-0.2, -0.15) is 0 Å². The first-order valence-electron chi connectivity index (χ1n) is 4.73. The van der Waals surface area contributed by atoms with Gasteiger partial charge in [-0.1, -0.05) is 0 Å². The number of carbonyl (C=O) groups excluding carboxylic acids is 1. The Morgan fingerprint density at radius 1 is 1.33 bits per heavy atom. The Morgan fingerprint density at radius 3 is 2.40 bits per heavy atom. The van der Waals surface area contributed by atoms with Gasteiger partial charge in [-0.3, -0.25) is 5.32 Å². The van der Waals surface area contributed by atoms with Gasteiger partial charge < -0.3 is 4.74 Å². The van der Waals surface area contributed by atoms with Crippen molar-refractivity contribution in [3.8, 4) is 0 Å². The number of anilines is 1. The second-order valence-corrected chi connectivity index (χ2v) is 4.19. The Labute approximate surface area is 94.2 Å². The second-order valence-electron chi connectivity index (χ2n) is 3.31. The van der Waals surface area contributed by atoms with Crippen LogP contribution in [0.2, 0.25) is 0 Å². The summed E-state index contributed by atoms with van der Waals surface area (Å²) in [5.41, 5.74) is 0.749. The van der Waals surface area contributed by atoms with Crippen molar-refractivity contribution in [2.24, 2.45) is 0 Å². The third kappa shape index (κ3) is 4.25. The molecule has 3 nitrogen and oxygen atoms in total. The van der Waals surface area contributed by atoms with Crippen LogP contribution in [0.25, 0.3) is 0 Å². The van der Waals surface area contributed by atoms with Crippen LogP contribution in [0.3, 0.4) is 0 Å². The minimum Gasteiger partial charge on any atom is -0.447 e. The number of thioether (sulfide) groups is 1. The summed E-state index contributed by atoms with van der Waals surface area (Å²) < 4.78 is 4.96. The van der Waals surface area contributed by atoms with Gasteiger partial charge in [0, 0.05) is 10.6 Å². The third-order valence-corrected chi connectivity index (χ3v) is 2.42. The van der Waals surface area contributed by atoms with E-state index >= 15 is 0 Å². The monoisotopic (exact) mass is 225 g/mol. The van der Waals surface area contributed by atoms with E-state index in [1.165, 1.54) is 0 Å². The van der Waals surface area contributed by atoms with Crippen molar-refractivity contribution in [1.29, 1.82) is 0 Å². The fraction of sp³-hybridized carbons (Fsp3) is 0.364. The summed E-state index contributed by atoms with van der Waals surface area (Å²) in [6.45, 7) is 3.63. The second kappa shape index (κ2) is 5.66. The molecular weight excluding hydrogens is 210 g/mol. The summed E-state index contributed by atoms with van der Waals surface area (Å²) in [7, 11) is 0. The molecule has 1 amide bonds. The van der Waals surface area contributed by atoms with Crippen LogP contribution in [0.15, 0.2) is 29.2 Å². The summed E-state index contributed by atoms with van der Waals surface area (Å²) in [5.74, 6) is 0. The highest BCUT2D eigenvalue weighted by molar-refractivity contribution is 7.98. The van der Waals surface area contributed by atoms with Crippen molar-refractivity contribution in [2.75, 3.05) is 11.6 Å². The lowest BCUT2D eigenvalue weighted by atomic mass is 10.3. The molecule has 0 bridgehead atoms. The van der Waals surface area contributed by atoms with Crippen molar-refractivity contribution in [3.05, 3.63) is 24.3 Å². The van der Waals surface area contributed by atoms with E-state index in [0.29, 0.717) is 0 Å². The zero-order chi connectivity index (χ0) is 11.3. The van der Waals surface area contributed by atoms with Crippen LogP contribution in [-0.4, -0.2) is 18.5 Å². The van der Waals surface area contributed by atoms with Crippen LogP contribution in [-0.2, 0) is 4.74 Å². The Kier molecular flexibility index (Phi) is 4.49. The van der Waals surface area contributed by atoms with Gasteiger partial charge in [-0.05, 0) is 44.4 Å². The Bertz CT molecular complexity index is 322. The maximum absolute atomic E-state index is 11.2. The standard InChI is InChI=1S/C11H15NO2S/c1-8(2)14-11(13)12-9-4-6-10(15-3)7-5-9/h4-8H,1-3H3,(H,12,13). The Balaban J connectivity index is 2.53. The highest BCUT2D eigenvalue weighted by Gasteiger charge is 2.04. The van der Waals surface area contributed by atoms with Crippen LogP contribution < -0.4 is 5.32 Å². The highest BCUT2D eigenvalue weighted by atomic mass is 32.2. The van der Waals surface area contributed by atoms with Crippen LogP contribution in [0.1, 0.15) is 13.8 Å². The molecule has 0 unspecified atom stereocenters. The van der Waals surface area contributed by atoms with Crippen molar-refractivity contribution >= 4 is 23.5 Å². The fourth-order valence-electron chi connectivity index (χ4n) is 1.04. The van der Waals surface area contributed by atoms with E-state index in [-0.39, 0.29) is 6.10 Å². The zero-order valence-corrected chi connectivity index (χ0v) is 9.93. The molecule has 4 heteroatoms. The largest absolute Gasteiger partial charge is 0.447 e. The van der Waals surface area contributed by atoms with Gasteiger partial charge in [-0.25, -0.2) is 4.79 Å².